The average Bonchev–Trinajstić information content (AvgIpc) is 3.15. The van der Waals surface area contributed by atoms with Gasteiger partial charge in [0.2, 0.25) is 11.7 Å². The van der Waals surface area contributed by atoms with E-state index in [1.165, 1.54) is 0 Å². The van der Waals surface area contributed by atoms with Crippen LogP contribution in [0.1, 0.15) is 43.7 Å². The van der Waals surface area contributed by atoms with E-state index in [1.807, 2.05) is 55.5 Å². The van der Waals surface area contributed by atoms with Crippen molar-refractivity contribution >= 4 is 5.91 Å². The molecule has 1 heterocycles. The van der Waals surface area contributed by atoms with E-state index >= 15 is 0 Å². The minimum absolute atomic E-state index is 0.150. The summed E-state index contributed by atoms with van der Waals surface area (Å²) in [7, 11) is 0. The molecule has 2 aromatic carbocycles. The van der Waals surface area contributed by atoms with Crippen molar-refractivity contribution in [3.63, 3.8) is 0 Å². The number of ether oxygens (including phenoxy) is 1. The van der Waals surface area contributed by atoms with Crippen LogP contribution >= 0.6 is 0 Å². The fraction of sp³-hybridized carbons (Fsp3) is 0.318. The minimum Gasteiger partial charge on any atom is -0.481 e. The van der Waals surface area contributed by atoms with E-state index in [0.29, 0.717) is 17.6 Å². The predicted molar refractivity (Wildman–Crippen MR) is 107 cm³/mol. The Bertz CT molecular complexity index is 949. The zero-order valence-corrected chi connectivity index (χ0v) is 16.6. The van der Waals surface area contributed by atoms with Crippen molar-refractivity contribution in [2.45, 2.75) is 46.3 Å². The zero-order valence-electron chi connectivity index (χ0n) is 16.6. The summed E-state index contributed by atoms with van der Waals surface area (Å²) in [6.07, 6.45) is -0.640. The molecule has 0 aliphatic heterocycles. The van der Waals surface area contributed by atoms with E-state index in [-0.39, 0.29) is 12.5 Å². The molecule has 3 aromatic rings. The Morgan fingerprint density at radius 3 is 2.68 bits per heavy atom. The van der Waals surface area contributed by atoms with Crippen molar-refractivity contribution in [2.75, 3.05) is 0 Å². The van der Waals surface area contributed by atoms with Crippen LogP contribution in [0.25, 0.3) is 11.4 Å². The summed E-state index contributed by atoms with van der Waals surface area (Å²) in [5, 5.41) is 6.76. The number of benzene rings is 2. The molecule has 0 bridgehead atoms. The van der Waals surface area contributed by atoms with E-state index in [0.717, 1.165) is 22.4 Å². The lowest BCUT2D eigenvalue weighted by molar-refractivity contribution is -0.127. The highest BCUT2D eigenvalue weighted by atomic mass is 16.5. The van der Waals surface area contributed by atoms with Gasteiger partial charge in [0.25, 0.3) is 5.91 Å². The van der Waals surface area contributed by atoms with Crippen LogP contribution in [0.3, 0.4) is 0 Å². The summed E-state index contributed by atoms with van der Waals surface area (Å²) >= 11 is 0. The summed E-state index contributed by atoms with van der Waals surface area (Å²) in [6.45, 7) is 8.06. The van der Waals surface area contributed by atoms with Crippen molar-refractivity contribution in [1.29, 1.82) is 0 Å². The van der Waals surface area contributed by atoms with Gasteiger partial charge in [-0.25, -0.2) is 0 Å². The standard InChI is InChI=1S/C22H25N3O3/c1-14(2)18-10-5-6-11-19(18)27-16(4)22(26)23-13-20-24-21(25-28-20)17-9-7-8-15(3)12-17/h5-12,14,16H,13H2,1-4H3,(H,23,26). The summed E-state index contributed by atoms with van der Waals surface area (Å²) in [5.74, 6) is 1.64. The Labute approximate surface area is 164 Å². The Hall–Kier alpha value is -3.15. The highest BCUT2D eigenvalue weighted by Crippen LogP contribution is 2.26. The molecule has 146 valence electrons. The number of carbonyl (C=O) groups is 1. The first-order valence-electron chi connectivity index (χ1n) is 9.37. The Balaban J connectivity index is 1.59. The molecule has 3 rings (SSSR count). The molecule has 6 heteroatoms. The maximum absolute atomic E-state index is 12.4. The second-order valence-corrected chi connectivity index (χ2v) is 7.05. The van der Waals surface area contributed by atoms with Gasteiger partial charge in [-0.15, -0.1) is 0 Å². The second-order valence-electron chi connectivity index (χ2n) is 7.05. The second kappa shape index (κ2) is 8.69. The molecule has 1 amide bonds. The van der Waals surface area contributed by atoms with Gasteiger partial charge >= 0.3 is 0 Å². The molecule has 1 aromatic heterocycles. The van der Waals surface area contributed by atoms with Crippen molar-refractivity contribution in [3.05, 3.63) is 65.5 Å². The zero-order chi connectivity index (χ0) is 20.1. The molecule has 0 aliphatic rings. The van der Waals surface area contributed by atoms with E-state index < -0.39 is 6.10 Å². The molecule has 1 N–H and O–H groups in total. The lowest BCUT2D eigenvalue weighted by Crippen LogP contribution is -2.36. The number of aryl methyl sites for hydroxylation is 1. The number of nitrogens with zero attached hydrogens (tertiary/aromatic N) is 2. The van der Waals surface area contributed by atoms with E-state index in [2.05, 4.69) is 29.3 Å². The normalized spacial score (nSPS) is 12.0. The smallest absolute Gasteiger partial charge is 0.261 e. The van der Waals surface area contributed by atoms with E-state index in [1.54, 1.807) is 6.92 Å². The summed E-state index contributed by atoms with van der Waals surface area (Å²) in [4.78, 5) is 16.7. The maximum Gasteiger partial charge on any atom is 0.261 e. The number of hydrogen-bond acceptors (Lipinski definition) is 5. The number of para-hydroxylation sites is 1. The molecule has 0 fully saturated rings. The first-order chi connectivity index (χ1) is 13.4. The molecular formula is C22H25N3O3. The summed E-state index contributed by atoms with van der Waals surface area (Å²) < 4.78 is 11.1. The highest BCUT2D eigenvalue weighted by molar-refractivity contribution is 5.80. The number of aromatic nitrogens is 2. The highest BCUT2D eigenvalue weighted by Gasteiger charge is 2.18. The minimum atomic E-state index is -0.640. The predicted octanol–water partition coefficient (Wildman–Crippen LogP) is 4.25. The number of carbonyl (C=O) groups excluding carboxylic acids is 1. The Morgan fingerprint density at radius 1 is 1.14 bits per heavy atom. The molecule has 0 aliphatic carbocycles. The SMILES string of the molecule is Cc1cccc(-c2noc(CNC(=O)C(C)Oc3ccccc3C(C)C)n2)c1. The molecular weight excluding hydrogens is 354 g/mol. The van der Waals surface area contributed by atoms with Crippen LogP contribution < -0.4 is 10.1 Å². The first-order valence-corrected chi connectivity index (χ1v) is 9.37. The number of hydrogen-bond donors (Lipinski definition) is 1. The van der Waals surface area contributed by atoms with Crippen LogP contribution in [0.15, 0.2) is 53.1 Å². The van der Waals surface area contributed by atoms with E-state index in [4.69, 9.17) is 9.26 Å². The van der Waals surface area contributed by atoms with Gasteiger partial charge in [-0.1, -0.05) is 61.0 Å². The van der Waals surface area contributed by atoms with Crippen LogP contribution in [0, 0.1) is 6.92 Å². The molecule has 0 saturated heterocycles. The van der Waals surface area contributed by atoms with Gasteiger partial charge in [0.1, 0.15) is 5.75 Å². The Kier molecular flexibility index (Phi) is 6.09. The van der Waals surface area contributed by atoms with Gasteiger partial charge < -0.3 is 14.6 Å². The molecule has 6 nitrogen and oxygen atoms in total. The topological polar surface area (TPSA) is 77.2 Å². The third-order valence-electron chi connectivity index (χ3n) is 4.37. The van der Waals surface area contributed by atoms with Gasteiger partial charge in [0.05, 0.1) is 6.54 Å². The average molecular weight is 379 g/mol. The molecule has 0 spiro atoms. The lowest BCUT2D eigenvalue weighted by atomic mass is 10.0. The van der Waals surface area contributed by atoms with Crippen LogP contribution in [-0.4, -0.2) is 22.2 Å². The van der Waals surface area contributed by atoms with Crippen molar-refractivity contribution in [1.82, 2.24) is 15.5 Å². The third kappa shape index (κ3) is 4.76. The fourth-order valence-electron chi connectivity index (χ4n) is 2.84. The Morgan fingerprint density at radius 2 is 1.93 bits per heavy atom. The molecule has 1 unspecified atom stereocenters. The van der Waals surface area contributed by atoms with Gasteiger partial charge in [-0.05, 0) is 37.5 Å². The first kappa shape index (κ1) is 19.6. The molecule has 0 radical (unpaired) electrons. The van der Waals surface area contributed by atoms with Crippen LogP contribution in [0.2, 0.25) is 0 Å². The quantitative estimate of drug-likeness (QED) is 0.664. The molecule has 0 saturated carbocycles. The largest absolute Gasteiger partial charge is 0.481 e. The number of rotatable bonds is 7. The van der Waals surface area contributed by atoms with Crippen molar-refractivity contribution in [3.8, 4) is 17.1 Å². The number of amides is 1. The summed E-state index contributed by atoms with van der Waals surface area (Å²) in [6, 6.07) is 15.6. The van der Waals surface area contributed by atoms with Crippen molar-refractivity contribution < 1.29 is 14.1 Å². The fourth-order valence-corrected chi connectivity index (χ4v) is 2.84. The van der Waals surface area contributed by atoms with Gasteiger partial charge in [0.15, 0.2) is 6.10 Å². The lowest BCUT2D eigenvalue weighted by Gasteiger charge is -2.18. The molecule has 28 heavy (non-hydrogen) atoms. The van der Waals surface area contributed by atoms with Crippen LogP contribution in [0.5, 0.6) is 5.75 Å². The van der Waals surface area contributed by atoms with Gasteiger partial charge in [-0.2, -0.15) is 4.98 Å². The maximum atomic E-state index is 12.4. The van der Waals surface area contributed by atoms with Gasteiger partial charge in [-0.3, -0.25) is 4.79 Å². The third-order valence-corrected chi connectivity index (χ3v) is 4.37. The van der Waals surface area contributed by atoms with Gasteiger partial charge in [0, 0.05) is 5.56 Å². The van der Waals surface area contributed by atoms with Crippen molar-refractivity contribution in [2.24, 2.45) is 0 Å². The van der Waals surface area contributed by atoms with Crippen LogP contribution in [-0.2, 0) is 11.3 Å². The molecule has 1 atom stereocenters. The number of nitrogens with one attached hydrogen (secondary N) is 1. The van der Waals surface area contributed by atoms with E-state index in [9.17, 15) is 4.79 Å². The summed E-state index contributed by atoms with van der Waals surface area (Å²) in [5.41, 5.74) is 3.06. The monoisotopic (exact) mass is 379 g/mol. The van der Waals surface area contributed by atoms with Crippen LogP contribution in [0.4, 0.5) is 0 Å².